The molecule has 0 spiro atoms. The zero-order valence-electron chi connectivity index (χ0n) is 7.66. The van der Waals surface area contributed by atoms with Crippen LogP contribution in [-0.2, 0) is 0 Å². The van der Waals surface area contributed by atoms with Crippen molar-refractivity contribution in [2.75, 3.05) is 0 Å². The lowest BCUT2D eigenvalue weighted by molar-refractivity contribution is 0.537. The molecular formula is C10H11BrN2. The average molecular weight is 239 g/mol. The summed E-state index contributed by atoms with van der Waals surface area (Å²) in [7, 11) is 0. The van der Waals surface area contributed by atoms with Crippen molar-refractivity contribution < 1.29 is 0 Å². The van der Waals surface area contributed by atoms with Crippen LogP contribution in [0.5, 0.6) is 0 Å². The van der Waals surface area contributed by atoms with Crippen LogP contribution in [-0.4, -0.2) is 9.78 Å². The molecule has 68 valence electrons. The predicted octanol–water partition coefficient (Wildman–Crippen LogP) is 3.38. The second-order valence-electron chi connectivity index (χ2n) is 3.41. The lowest BCUT2D eigenvalue weighted by atomic mass is 10.3. The Morgan fingerprint density at radius 3 is 2.85 bits per heavy atom. The Labute approximate surface area is 85.7 Å². The van der Waals surface area contributed by atoms with Gasteiger partial charge in [-0.15, -0.1) is 0 Å². The lowest BCUT2D eigenvalue weighted by Crippen LogP contribution is -1.99. The molecule has 1 aromatic carbocycles. The zero-order valence-corrected chi connectivity index (χ0v) is 9.25. The third-order valence-corrected chi connectivity index (χ3v) is 2.51. The van der Waals surface area contributed by atoms with Crippen LogP contribution in [0.2, 0.25) is 0 Å². The van der Waals surface area contributed by atoms with Crippen LogP contribution in [0.3, 0.4) is 0 Å². The minimum absolute atomic E-state index is 0.422. The number of benzene rings is 1. The molecule has 2 aromatic rings. The van der Waals surface area contributed by atoms with E-state index in [-0.39, 0.29) is 0 Å². The summed E-state index contributed by atoms with van der Waals surface area (Å²) in [6.07, 6.45) is 2.07. The molecule has 0 radical (unpaired) electrons. The molecular weight excluding hydrogens is 228 g/mol. The summed E-state index contributed by atoms with van der Waals surface area (Å²) < 4.78 is 3.08. The summed E-state index contributed by atoms with van der Waals surface area (Å²) in [5.74, 6) is 0. The van der Waals surface area contributed by atoms with Gasteiger partial charge in [-0.2, -0.15) is 5.10 Å². The van der Waals surface area contributed by atoms with Gasteiger partial charge in [0.15, 0.2) is 0 Å². The van der Waals surface area contributed by atoms with Gasteiger partial charge < -0.3 is 0 Å². The fourth-order valence-electron chi connectivity index (χ4n) is 1.28. The van der Waals surface area contributed by atoms with Crippen molar-refractivity contribution in [1.82, 2.24) is 9.78 Å². The minimum atomic E-state index is 0.422. The van der Waals surface area contributed by atoms with Crippen LogP contribution >= 0.6 is 15.9 Å². The van der Waals surface area contributed by atoms with Crippen molar-refractivity contribution in [3.8, 4) is 0 Å². The van der Waals surface area contributed by atoms with Gasteiger partial charge in [-0.25, -0.2) is 0 Å². The van der Waals surface area contributed by atoms with Gasteiger partial charge in [0.05, 0.1) is 5.52 Å². The quantitative estimate of drug-likeness (QED) is 0.745. The zero-order chi connectivity index (χ0) is 9.42. The fourth-order valence-corrected chi connectivity index (χ4v) is 1.66. The van der Waals surface area contributed by atoms with Gasteiger partial charge in [-0.3, -0.25) is 4.68 Å². The molecule has 0 fully saturated rings. The number of hydrogen-bond acceptors (Lipinski definition) is 1. The second-order valence-corrected chi connectivity index (χ2v) is 4.32. The van der Waals surface area contributed by atoms with Gasteiger partial charge in [0.1, 0.15) is 0 Å². The molecule has 2 rings (SSSR count). The molecule has 0 N–H and O–H groups in total. The Kier molecular flexibility index (Phi) is 2.12. The van der Waals surface area contributed by atoms with Gasteiger partial charge in [0.25, 0.3) is 0 Å². The first-order chi connectivity index (χ1) is 6.16. The van der Waals surface area contributed by atoms with E-state index < -0.39 is 0 Å². The molecule has 1 aromatic heterocycles. The molecule has 3 heteroatoms. The van der Waals surface area contributed by atoms with E-state index >= 15 is 0 Å². The van der Waals surface area contributed by atoms with E-state index in [4.69, 9.17) is 0 Å². The third-order valence-electron chi connectivity index (χ3n) is 2.01. The molecule has 2 nitrogen and oxygen atoms in total. The number of fused-ring (bicyclic) bond motifs is 1. The summed E-state index contributed by atoms with van der Waals surface area (Å²) in [6, 6.07) is 6.55. The monoisotopic (exact) mass is 238 g/mol. The smallest absolute Gasteiger partial charge is 0.0924 e. The van der Waals surface area contributed by atoms with Crippen LogP contribution < -0.4 is 0 Å². The fraction of sp³-hybridized carbons (Fsp3) is 0.300. The van der Waals surface area contributed by atoms with Gasteiger partial charge >= 0.3 is 0 Å². The molecule has 0 saturated carbocycles. The Bertz CT molecular complexity index is 431. The van der Waals surface area contributed by atoms with Crippen LogP contribution in [0.15, 0.2) is 28.9 Å². The minimum Gasteiger partial charge on any atom is -0.269 e. The van der Waals surface area contributed by atoms with Gasteiger partial charge in [0, 0.05) is 22.1 Å². The van der Waals surface area contributed by atoms with Crippen molar-refractivity contribution in [1.29, 1.82) is 0 Å². The summed E-state index contributed by atoms with van der Waals surface area (Å²) in [5.41, 5.74) is 1.05. The molecule has 0 aliphatic rings. The molecule has 0 unspecified atom stereocenters. The summed E-state index contributed by atoms with van der Waals surface area (Å²) in [6.45, 7) is 4.25. The van der Waals surface area contributed by atoms with Gasteiger partial charge in [-0.1, -0.05) is 15.9 Å². The number of halogens is 1. The maximum absolute atomic E-state index is 4.45. The summed E-state index contributed by atoms with van der Waals surface area (Å²) in [4.78, 5) is 0. The Morgan fingerprint density at radius 1 is 1.38 bits per heavy atom. The highest BCUT2D eigenvalue weighted by Crippen LogP contribution is 2.19. The van der Waals surface area contributed by atoms with Crippen LogP contribution in [0.1, 0.15) is 19.9 Å². The summed E-state index contributed by atoms with van der Waals surface area (Å²) in [5, 5.41) is 5.63. The number of rotatable bonds is 1. The third kappa shape index (κ3) is 1.61. The average Bonchev–Trinajstić information content (AvgIpc) is 2.46. The van der Waals surface area contributed by atoms with Crippen LogP contribution in [0.4, 0.5) is 0 Å². The van der Waals surface area contributed by atoms with E-state index in [0.717, 1.165) is 9.99 Å². The van der Waals surface area contributed by atoms with Gasteiger partial charge in [-0.05, 0) is 32.0 Å². The van der Waals surface area contributed by atoms with Gasteiger partial charge in [0.2, 0.25) is 0 Å². The highest BCUT2D eigenvalue weighted by molar-refractivity contribution is 9.10. The van der Waals surface area contributed by atoms with E-state index in [1.807, 2.05) is 16.8 Å². The molecule has 0 aliphatic heterocycles. The van der Waals surface area contributed by atoms with E-state index in [9.17, 15) is 0 Å². The first-order valence-corrected chi connectivity index (χ1v) is 5.10. The predicted molar refractivity (Wildman–Crippen MR) is 57.8 cm³/mol. The first-order valence-electron chi connectivity index (χ1n) is 4.31. The van der Waals surface area contributed by atoms with Crippen molar-refractivity contribution >= 4 is 26.8 Å². The standard InChI is InChI=1S/C10H11BrN2/c1-7(2)13-6-8-5-9(11)3-4-10(8)12-13/h3-7H,1-2H3. The normalized spacial score (nSPS) is 11.4. The molecule has 1 heterocycles. The molecule has 0 aliphatic carbocycles. The Morgan fingerprint density at radius 2 is 2.15 bits per heavy atom. The molecule has 0 saturated heterocycles. The lowest BCUT2D eigenvalue weighted by Gasteiger charge is -2.02. The van der Waals surface area contributed by atoms with Crippen LogP contribution in [0, 0.1) is 0 Å². The maximum Gasteiger partial charge on any atom is 0.0924 e. The molecule has 13 heavy (non-hydrogen) atoms. The first kappa shape index (κ1) is 8.75. The SMILES string of the molecule is CC(C)n1cc2cc(Br)ccc2n1. The highest BCUT2D eigenvalue weighted by atomic mass is 79.9. The molecule has 0 atom stereocenters. The molecule has 0 bridgehead atoms. The van der Waals surface area contributed by atoms with E-state index in [1.165, 1.54) is 5.39 Å². The van der Waals surface area contributed by atoms with Crippen molar-refractivity contribution in [2.45, 2.75) is 19.9 Å². The molecule has 0 amide bonds. The largest absolute Gasteiger partial charge is 0.269 e. The highest BCUT2D eigenvalue weighted by Gasteiger charge is 2.02. The van der Waals surface area contributed by atoms with E-state index in [2.05, 4.69) is 47.1 Å². The topological polar surface area (TPSA) is 17.8 Å². The van der Waals surface area contributed by atoms with Crippen molar-refractivity contribution in [3.63, 3.8) is 0 Å². The van der Waals surface area contributed by atoms with Crippen molar-refractivity contribution in [2.24, 2.45) is 0 Å². The number of hydrogen-bond donors (Lipinski definition) is 0. The Hall–Kier alpha value is -0.830. The van der Waals surface area contributed by atoms with Crippen LogP contribution in [0.25, 0.3) is 10.9 Å². The second kappa shape index (κ2) is 3.14. The maximum atomic E-state index is 4.45. The van der Waals surface area contributed by atoms with E-state index in [1.54, 1.807) is 0 Å². The van der Waals surface area contributed by atoms with E-state index in [0.29, 0.717) is 6.04 Å². The number of aromatic nitrogens is 2. The van der Waals surface area contributed by atoms with Crippen molar-refractivity contribution in [3.05, 3.63) is 28.9 Å². The summed E-state index contributed by atoms with van der Waals surface area (Å²) >= 11 is 3.44. The number of nitrogens with zero attached hydrogens (tertiary/aromatic N) is 2. The Balaban J connectivity index is 2.62.